The molecule has 0 radical (unpaired) electrons. The maximum atomic E-state index is 9.64. The summed E-state index contributed by atoms with van der Waals surface area (Å²) >= 11 is 1.69. The molecule has 3 N–H and O–H groups in total. The molecule has 0 fully saturated rings. The van der Waals surface area contributed by atoms with Crippen molar-refractivity contribution in [3.63, 3.8) is 0 Å². The highest BCUT2D eigenvalue weighted by Gasteiger charge is 2.12. The molecule has 156 valence electrons. The molecule has 0 unspecified atom stereocenters. The zero-order valence-corrected chi connectivity index (χ0v) is 18.4. The summed E-state index contributed by atoms with van der Waals surface area (Å²) in [6.07, 6.45) is 1.63. The summed E-state index contributed by atoms with van der Waals surface area (Å²) in [5.41, 5.74) is 7.69. The van der Waals surface area contributed by atoms with Crippen LogP contribution in [0.15, 0.2) is 54.0 Å². The predicted molar refractivity (Wildman–Crippen MR) is 128 cm³/mol. The molecule has 0 aliphatic carbocycles. The molecule has 0 saturated carbocycles. The Hall–Kier alpha value is -3.24. The van der Waals surface area contributed by atoms with Crippen molar-refractivity contribution in [3.05, 3.63) is 75.6 Å². The summed E-state index contributed by atoms with van der Waals surface area (Å²) in [5.74, 6) is 0. The fourth-order valence-electron chi connectivity index (χ4n) is 3.60. The molecule has 0 aliphatic heterocycles. The lowest BCUT2D eigenvalue weighted by atomic mass is 10.0. The lowest BCUT2D eigenvalue weighted by Gasteiger charge is -2.14. The number of aliphatic hydroxyl groups excluding tert-OH is 1. The van der Waals surface area contributed by atoms with Crippen molar-refractivity contribution in [3.8, 4) is 17.2 Å². The first kappa shape index (κ1) is 21.0. The minimum absolute atomic E-state index is 0.137. The molecule has 0 spiro atoms. The number of nitrogens with one attached hydrogen (secondary N) is 2. The van der Waals surface area contributed by atoms with Crippen molar-refractivity contribution < 1.29 is 5.11 Å². The molecule has 4 aromatic rings. The van der Waals surface area contributed by atoms with Gasteiger partial charge in [0.05, 0.1) is 23.4 Å². The van der Waals surface area contributed by atoms with Crippen LogP contribution in [0.3, 0.4) is 0 Å². The number of aryl methyl sites for hydroxylation is 2. The summed E-state index contributed by atoms with van der Waals surface area (Å²) in [6, 6.07) is 16.8. The van der Waals surface area contributed by atoms with Crippen LogP contribution in [0.1, 0.15) is 21.6 Å². The van der Waals surface area contributed by atoms with E-state index in [2.05, 4.69) is 71.2 Å². The smallest absolute Gasteiger partial charge is 0.103 e. The van der Waals surface area contributed by atoms with E-state index in [-0.39, 0.29) is 6.61 Å². The average Bonchev–Trinajstić information content (AvgIpc) is 3.24. The number of aliphatic hydroxyl groups is 1. The number of thiophene rings is 1. The van der Waals surface area contributed by atoms with E-state index in [4.69, 9.17) is 5.11 Å². The van der Waals surface area contributed by atoms with Crippen LogP contribution in [0.25, 0.3) is 22.0 Å². The third-order valence-electron chi connectivity index (χ3n) is 5.21. The van der Waals surface area contributed by atoms with Gasteiger partial charge in [0.1, 0.15) is 6.07 Å². The van der Waals surface area contributed by atoms with Crippen molar-refractivity contribution in [1.82, 2.24) is 10.3 Å². The van der Waals surface area contributed by atoms with Gasteiger partial charge < -0.3 is 15.7 Å². The third kappa shape index (κ3) is 4.59. The minimum atomic E-state index is 0.137. The fourth-order valence-corrected chi connectivity index (χ4v) is 4.46. The van der Waals surface area contributed by atoms with E-state index in [1.165, 1.54) is 10.4 Å². The highest BCUT2D eigenvalue weighted by molar-refractivity contribution is 7.10. The van der Waals surface area contributed by atoms with E-state index in [0.717, 1.165) is 45.5 Å². The number of rotatable bonds is 7. The van der Waals surface area contributed by atoms with E-state index in [1.54, 1.807) is 17.5 Å². The van der Waals surface area contributed by atoms with Crippen LogP contribution in [-0.4, -0.2) is 23.2 Å². The SMILES string of the molecule is Cc1ccc(Nc2c(C#N)cnc3cc(-c4csc(CNCCO)c4)ccc23)c(C)c1. The lowest BCUT2D eigenvalue weighted by Crippen LogP contribution is -2.16. The van der Waals surface area contributed by atoms with Gasteiger partial charge in [-0.25, -0.2) is 0 Å². The van der Waals surface area contributed by atoms with E-state index in [0.29, 0.717) is 12.1 Å². The Labute approximate surface area is 186 Å². The van der Waals surface area contributed by atoms with Crippen molar-refractivity contribution in [2.24, 2.45) is 0 Å². The van der Waals surface area contributed by atoms with E-state index in [9.17, 15) is 5.26 Å². The average molecular weight is 429 g/mol. The minimum Gasteiger partial charge on any atom is -0.395 e. The van der Waals surface area contributed by atoms with Crippen molar-refractivity contribution >= 4 is 33.6 Å². The van der Waals surface area contributed by atoms with Crippen LogP contribution in [0, 0.1) is 25.2 Å². The standard InChI is InChI=1S/C25H24N4OS/c1-16-3-6-23(17(2)9-16)29-25-20(12-26)13-28-24-11-18(4-5-22(24)25)19-10-21(31-15-19)14-27-7-8-30/h3-6,9-11,13,15,27,30H,7-8,14H2,1-2H3,(H,28,29). The van der Waals surface area contributed by atoms with E-state index < -0.39 is 0 Å². The van der Waals surface area contributed by atoms with Crippen molar-refractivity contribution in [2.45, 2.75) is 20.4 Å². The molecular weight excluding hydrogens is 404 g/mol. The first-order valence-corrected chi connectivity index (χ1v) is 11.0. The molecule has 0 bridgehead atoms. The monoisotopic (exact) mass is 428 g/mol. The van der Waals surface area contributed by atoms with E-state index >= 15 is 0 Å². The molecule has 0 aliphatic rings. The van der Waals surface area contributed by atoms with Crippen LogP contribution >= 0.6 is 11.3 Å². The summed E-state index contributed by atoms with van der Waals surface area (Å²) in [7, 11) is 0. The highest BCUT2D eigenvalue weighted by atomic mass is 32.1. The van der Waals surface area contributed by atoms with Gasteiger partial charge in [0.25, 0.3) is 0 Å². The van der Waals surface area contributed by atoms with Crippen molar-refractivity contribution in [2.75, 3.05) is 18.5 Å². The first-order valence-electron chi connectivity index (χ1n) is 10.2. The van der Waals surface area contributed by atoms with Crippen LogP contribution in [-0.2, 0) is 6.54 Å². The van der Waals surface area contributed by atoms with Gasteiger partial charge in [-0.15, -0.1) is 11.3 Å². The quantitative estimate of drug-likeness (QED) is 0.349. The Balaban J connectivity index is 1.69. The van der Waals surface area contributed by atoms with Gasteiger partial charge in [-0.1, -0.05) is 29.8 Å². The normalized spacial score (nSPS) is 10.9. The molecule has 0 amide bonds. The van der Waals surface area contributed by atoms with Gasteiger partial charge in [-0.3, -0.25) is 4.98 Å². The topological polar surface area (TPSA) is 81.0 Å². The summed E-state index contributed by atoms with van der Waals surface area (Å²) < 4.78 is 0. The molecular formula is C25H24N4OS. The van der Waals surface area contributed by atoms with Crippen LogP contribution in [0.2, 0.25) is 0 Å². The molecule has 2 heterocycles. The second kappa shape index (κ2) is 9.27. The number of hydrogen-bond acceptors (Lipinski definition) is 6. The van der Waals surface area contributed by atoms with Gasteiger partial charge in [-0.2, -0.15) is 5.26 Å². The summed E-state index contributed by atoms with van der Waals surface area (Å²) in [5, 5.41) is 28.3. The number of fused-ring (bicyclic) bond motifs is 1. The number of nitrogens with zero attached hydrogens (tertiary/aromatic N) is 2. The molecule has 0 saturated heterocycles. The van der Waals surface area contributed by atoms with Gasteiger partial charge in [0, 0.05) is 35.2 Å². The molecule has 2 aromatic carbocycles. The molecule has 6 heteroatoms. The van der Waals surface area contributed by atoms with Gasteiger partial charge in [0.15, 0.2) is 0 Å². The number of pyridine rings is 1. The molecule has 0 atom stereocenters. The molecule has 4 rings (SSSR count). The number of hydrogen-bond donors (Lipinski definition) is 3. The van der Waals surface area contributed by atoms with Crippen LogP contribution < -0.4 is 10.6 Å². The second-order valence-corrected chi connectivity index (χ2v) is 8.53. The molecule has 5 nitrogen and oxygen atoms in total. The van der Waals surface area contributed by atoms with E-state index in [1.807, 2.05) is 12.1 Å². The zero-order chi connectivity index (χ0) is 21.8. The van der Waals surface area contributed by atoms with Crippen LogP contribution in [0.4, 0.5) is 11.4 Å². The van der Waals surface area contributed by atoms with Gasteiger partial charge in [-0.05, 0) is 54.1 Å². The lowest BCUT2D eigenvalue weighted by molar-refractivity contribution is 0.292. The number of aromatic nitrogens is 1. The van der Waals surface area contributed by atoms with Crippen LogP contribution in [0.5, 0.6) is 0 Å². The Morgan fingerprint density at radius 1 is 1.10 bits per heavy atom. The molecule has 2 aromatic heterocycles. The maximum absolute atomic E-state index is 9.64. The predicted octanol–water partition coefficient (Wildman–Crippen LogP) is 5.28. The number of nitriles is 1. The Kier molecular flexibility index (Phi) is 6.28. The largest absolute Gasteiger partial charge is 0.395 e. The molecule has 31 heavy (non-hydrogen) atoms. The summed E-state index contributed by atoms with van der Waals surface area (Å²) in [6.45, 7) is 5.60. The highest BCUT2D eigenvalue weighted by Crippen LogP contribution is 2.34. The zero-order valence-electron chi connectivity index (χ0n) is 17.6. The Morgan fingerprint density at radius 2 is 1.97 bits per heavy atom. The van der Waals surface area contributed by atoms with Crippen molar-refractivity contribution in [1.29, 1.82) is 5.26 Å². The van der Waals surface area contributed by atoms with Gasteiger partial charge >= 0.3 is 0 Å². The maximum Gasteiger partial charge on any atom is 0.103 e. The number of benzene rings is 2. The fraction of sp³-hybridized carbons (Fsp3) is 0.200. The third-order valence-corrected chi connectivity index (χ3v) is 6.14. The second-order valence-electron chi connectivity index (χ2n) is 7.54. The van der Waals surface area contributed by atoms with Gasteiger partial charge in [0.2, 0.25) is 0 Å². The Morgan fingerprint density at radius 3 is 2.74 bits per heavy atom. The summed E-state index contributed by atoms with van der Waals surface area (Å²) in [4.78, 5) is 5.76. The Bertz CT molecular complexity index is 1270. The first-order chi connectivity index (χ1) is 15.1. The number of anilines is 2.